The highest BCUT2D eigenvalue weighted by Gasteiger charge is 2.23. The Kier molecular flexibility index (Phi) is 5.06. The number of primary amides is 1. The van der Waals surface area contributed by atoms with E-state index in [0.29, 0.717) is 5.02 Å². The topological polar surface area (TPSA) is 89.3 Å². The molecule has 0 aromatic heterocycles. The van der Waals surface area contributed by atoms with E-state index < -0.39 is 28.6 Å². The summed E-state index contributed by atoms with van der Waals surface area (Å²) in [6.07, 6.45) is -0.303. The molecule has 0 spiro atoms. The second-order valence-electron chi connectivity index (χ2n) is 3.51. The minimum atomic E-state index is -3.92. The molecule has 18 heavy (non-hydrogen) atoms. The molecule has 0 radical (unpaired) electrons. The Morgan fingerprint density at radius 2 is 1.94 bits per heavy atom. The van der Waals surface area contributed by atoms with E-state index in [4.69, 9.17) is 17.3 Å². The zero-order valence-electron chi connectivity index (χ0n) is 9.27. The van der Waals surface area contributed by atoms with Crippen LogP contribution in [-0.2, 0) is 14.8 Å². The molecule has 0 heterocycles. The molecule has 0 saturated heterocycles. The van der Waals surface area contributed by atoms with Gasteiger partial charge in [0.25, 0.3) is 0 Å². The van der Waals surface area contributed by atoms with Gasteiger partial charge in [-0.05, 0) is 24.3 Å². The largest absolute Gasteiger partial charge is 0.368 e. The van der Waals surface area contributed by atoms with Crippen LogP contribution in [0.2, 0.25) is 5.02 Å². The Labute approximate surface area is 109 Å². The van der Waals surface area contributed by atoms with Crippen LogP contribution in [0.1, 0.15) is 6.42 Å². The maximum atomic E-state index is 12.2. The number of halogens is 2. The number of hydrogen-bond donors (Lipinski definition) is 2. The van der Waals surface area contributed by atoms with Crippen LogP contribution in [0.4, 0.5) is 4.39 Å². The van der Waals surface area contributed by atoms with Gasteiger partial charge in [-0.3, -0.25) is 9.18 Å². The summed E-state index contributed by atoms with van der Waals surface area (Å²) in [4.78, 5) is 10.9. The molecule has 1 atom stereocenters. The third kappa shape index (κ3) is 3.94. The first-order valence-electron chi connectivity index (χ1n) is 5.00. The molecule has 100 valence electrons. The van der Waals surface area contributed by atoms with Gasteiger partial charge in [0, 0.05) is 11.4 Å². The quantitative estimate of drug-likeness (QED) is 0.814. The molecule has 0 aliphatic heterocycles. The Bertz CT molecular complexity index is 518. The van der Waals surface area contributed by atoms with E-state index in [1.54, 1.807) is 0 Å². The van der Waals surface area contributed by atoms with Crippen molar-refractivity contribution in [2.75, 3.05) is 6.67 Å². The third-order valence-corrected chi connectivity index (χ3v) is 3.90. The molecule has 0 saturated carbocycles. The van der Waals surface area contributed by atoms with E-state index in [2.05, 4.69) is 0 Å². The number of nitrogens with one attached hydrogen (secondary N) is 1. The monoisotopic (exact) mass is 294 g/mol. The molecule has 0 bridgehead atoms. The minimum Gasteiger partial charge on any atom is -0.368 e. The number of rotatable bonds is 6. The van der Waals surface area contributed by atoms with Gasteiger partial charge in [0.05, 0.1) is 11.6 Å². The summed E-state index contributed by atoms with van der Waals surface area (Å²) in [5.41, 5.74) is 4.98. The smallest absolute Gasteiger partial charge is 0.241 e. The second kappa shape index (κ2) is 6.12. The lowest BCUT2D eigenvalue weighted by molar-refractivity contribution is -0.119. The van der Waals surface area contributed by atoms with Crippen molar-refractivity contribution in [2.45, 2.75) is 17.4 Å². The van der Waals surface area contributed by atoms with Crippen LogP contribution in [0.5, 0.6) is 0 Å². The Balaban J connectivity index is 2.93. The fraction of sp³-hybridized carbons (Fsp3) is 0.300. The SMILES string of the molecule is NC(=O)[C@H](CCF)NS(=O)(=O)c1ccc(Cl)cc1. The number of carbonyl (C=O) groups is 1. The molecule has 5 nitrogen and oxygen atoms in total. The van der Waals surface area contributed by atoms with Gasteiger partial charge in [-0.15, -0.1) is 0 Å². The summed E-state index contributed by atoms with van der Waals surface area (Å²) in [6.45, 7) is -0.850. The first kappa shape index (κ1) is 14.9. The van der Waals surface area contributed by atoms with Crippen molar-refractivity contribution in [3.05, 3.63) is 29.3 Å². The van der Waals surface area contributed by atoms with Gasteiger partial charge in [0.2, 0.25) is 15.9 Å². The molecule has 1 aromatic carbocycles. The number of carbonyl (C=O) groups excluding carboxylic acids is 1. The van der Waals surface area contributed by atoms with Crippen LogP contribution in [-0.4, -0.2) is 27.0 Å². The summed E-state index contributed by atoms with van der Waals surface area (Å²) in [6, 6.07) is 4.07. The molecule has 0 unspecified atom stereocenters. The van der Waals surface area contributed by atoms with Crippen LogP contribution in [0.15, 0.2) is 29.2 Å². The van der Waals surface area contributed by atoms with E-state index in [-0.39, 0.29) is 11.3 Å². The van der Waals surface area contributed by atoms with Crippen LogP contribution >= 0.6 is 11.6 Å². The van der Waals surface area contributed by atoms with Gasteiger partial charge in [-0.25, -0.2) is 8.42 Å². The van der Waals surface area contributed by atoms with Crippen LogP contribution in [0.25, 0.3) is 0 Å². The molecule has 0 fully saturated rings. The number of alkyl halides is 1. The summed E-state index contributed by atoms with van der Waals surface area (Å²) in [5, 5.41) is 0.379. The van der Waals surface area contributed by atoms with Crippen LogP contribution in [0.3, 0.4) is 0 Å². The maximum Gasteiger partial charge on any atom is 0.241 e. The Morgan fingerprint density at radius 3 is 2.39 bits per heavy atom. The van der Waals surface area contributed by atoms with Crippen molar-refractivity contribution in [3.63, 3.8) is 0 Å². The average molecular weight is 295 g/mol. The standard InChI is InChI=1S/C10H12ClFN2O3S/c11-7-1-3-8(4-2-7)18(16,17)14-9(5-6-12)10(13)15/h1-4,9,14H,5-6H2,(H2,13,15)/t9-/m0/s1. The predicted molar refractivity (Wildman–Crippen MR) is 65.3 cm³/mol. The van der Waals surface area contributed by atoms with Crippen molar-refractivity contribution in [1.29, 1.82) is 0 Å². The zero-order valence-corrected chi connectivity index (χ0v) is 10.8. The molecule has 8 heteroatoms. The van der Waals surface area contributed by atoms with Crippen molar-refractivity contribution >= 4 is 27.5 Å². The van der Waals surface area contributed by atoms with Gasteiger partial charge < -0.3 is 5.73 Å². The normalized spacial score (nSPS) is 13.2. The molecule has 3 N–H and O–H groups in total. The van der Waals surface area contributed by atoms with E-state index in [0.717, 1.165) is 0 Å². The van der Waals surface area contributed by atoms with Gasteiger partial charge in [0.15, 0.2) is 0 Å². The lowest BCUT2D eigenvalue weighted by Crippen LogP contribution is -2.44. The van der Waals surface area contributed by atoms with Crippen molar-refractivity contribution < 1.29 is 17.6 Å². The van der Waals surface area contributed by atoms with Gasteiger partial charge >= 0.3 is 0 Å². The molecule has 1 amide bonds. The van der Waals surface area contributed by atoms with E-state index in [1.807, 2.05) is 4.72 Å². The molecule has 1 rings (SSSR count). The van der Waals surface area contributed by atoms with Crippen molar-refractivity contribution in [3.8, 4) is 0 Å². The number of benzene rings is 1. The fourth-order valence-electron chi connectivity index (χ4n) is 1.24. The van der Waals surface area contributed by atoms with E-state index in [9.17, 15) is 17.6 Å². The minimum absolute atomic E-state index is 0.0722. The van der Waals surface area contributed by atoms with E-state index in [1.165, 1.54) is 24.3 Å². The number of nitrogens with two attached hydrogens (primary N) is 1. The first-order valence-corrected chi connectivity index (χ1v) is 6.86. The Hall–Kier alpha value is -1.18. The molecular weight excluding hydrogens is 283 g/mol. The van der Waals surface area contributed by atoms with Crippen molar-refractivity contribution in [1.82, 2.24) is 4.72 Å². The highest BCUT2D eigenvalue weighted by atomic mass is 35.5. The number of sulfonamides is 1. The van der Waals surface area contributed by atoms with Gasteiger partial charge in [0.1, 0.15) is 6.04 Å². The second-order valence-corrected chi connectivity index (χ2v) is 5.66. The average Bonchev–Trinajstić information content (AvgIpc) is 2.28. The molecular formula is C10H12ClFN2O3S. The summed E-state index contributed by atoms with van der Waals surface area (Å²) >= 11 is 5.63. The van der Waals surface area contributed by atoms with Crippen LogP contribution in [0, 0.1) is 0 Å². The fourth-order valence-corrected chi connectivity index (χ4v) is 2.60. The first-order chi connectivity index (χ1) is 8.36. The highest BCUT2D eigenvalue weighted by molar-refractivity contribution is 7.89. The summed E-state index contributed by atoms with van der Waals surface area (Å²) in [7, 11) is -3.92. The summed E-state index contributed by atoms with van der Waals surface area (Å²) < 4.78 is 37.9. The highest BCUT2D eigenvalue weighted by Crippen LogP contribution is 2.14. The van der Waals surface area contributed by atoms with Gasteiger partial charge in [-0.2, -0.15) is 4.72 Å². The van der Waals surface area contributed by atoms with Crippen molar-refractivity contribution in [2.24, 2.45) is 5.73 Å². The molecule has 0 aliphatic rings. The molecule has 0 aliphatic carbocycles. The maximum absolute atomic E-state index is 12.2. The lowest BCUT2D eigenvalue weighted by Gasteiger charge is -2.14. The Morgan fingerprint density at radius 1 is 1.39 bits per heavy atom. The molecule has 1 aromatic rings. The predicted octanol–water partition coefficient (Wildman–Crippen LogP) is 0.832. The number of hydrogen-bond acceptors (Lipinski definition) is 3. The van der Waals surface area contributed by atoms with Gasteiger partial charge in [-0.1, -0.05) is 11.6 Å². The lowest BCUT2D eigenvalue weighted by atomic mass is 10.2. The van der Waals surface area contributed by atoms with E-state index >= 15 is 0 Å². The summed E-state index contributed by atoms with van der Waals surface area (Å²) in [5.74, 6) is -0.926. The van der Waals surface area contributed by atoms with Crippen LogP contribution < -0.4 is 10.5 Å². The third-order valence-electron chi connectivity index (χ3n) is 2.16. The zero-order chi connectivity index (χ0) is 13.8. The number of amides is 1.